The molecule has 0 fully saturated rings. The van der Waals surface area contributed by atoms with Crippen LogP contribution in [0.4, 0.5) is 5.69 Å². The number of carbonyl (C=O) groups excluding carboxylic acids is 1. The molecule has 0 radical (unpaired) electrons. The lowest BCUT2D eigenvalue weighted by Crippen LogP contribution is -2.16. The van der Waals surface area contributed by atoms with E-state index in [4.69, 9.17) is 0 Å². The Morgan fingerprint density at radius 2 is 2.10 bits per heavy atom. The van der Waals surface area contributed by atoms with Crippen LogP contribution in [0.5, 0.6) is 0 Å². The molecule has 2 aromatic rings. The second kappa shape index (κ2) is 6.27. The maximum atomic E-state index is 12.3. The highest BCUT2D eigenvalue weighted by molar-refractivity contribution is 9.10. The van der Waals surface area contributed by atoms with Gasteiger partial charge in [0.05, 0.1) is 0 Å². The molecule has 1 aromatic carbocycles. The Labute approximate surface area is 128 Å². The summed E-state index contributed by atoms with van der Waals surface area (Å²) in [5, 5.41) is 2.96. The topological polar surface area (TPSA) is 34.0 Å². The van der Waals surface area contributed by atoms with E-state index in [1.165, 1.54) is 5.56 Å². The summed E-state index contributed by atoms with van der Waals surface area (Å²) in [5.74, 6) is 0.360. The van der Waals surface area contributed by atoms with Crippen LogP contribution in [0.2, 0.25) is 0 Å². The zero-order chi connectivity index (χ0) is 14.7. The van der Waals surface area contributed by atoms with Gasteiger partial charge in [0.25, 0.3) is 5.91 Å². The summed E-state index contributed by atoms with van der Waals surface area (Å²) < 4.78 is 2.84. The number of halogens is 1. The summed E-state index contributed by atoms with van der Waals surface area (Å²) >= 11 is 3.41. The zero-order valence-corrected chi connectivity index (χ0v) is 13.6. The molecule has 0 saturated heterocycles. The molecule has 1 heterocycles. The average molecular weight is 335 g/mol. The van der Waals surface area contributed by atoms with Crippen molar-refractivity contribution < 1.29 is 4.79 Å². The highest BCUT2D eigenvalue weighted by Gasteiger charge is 2.12. The van der Waals surface area contributed by atoms with Gasteiger partial charge in [-0.25, -0.2) is 0 Å². The minimum Gasteiger partial charge on any atom is -0.343 e. The minimum absolute atomic E-state index is 0.0848. The molecule has 1 N–H and O–H groups in total. The molecule has 106 valence electrons. The molecule has 3 nitrogen and oxygen atoms in total. The van der Waals surface area contributed by atoms with Gasteiger partial charge in [-0.15, -0.1) is 0 Å². The monoisotopic (exact) mass is 334 g/mol. The standard InChI is InChI=1S/C16H19BrN2O/c1-4-19-10-13(17)9-15(19)16(20)18-14-7-5-6-12(8-14)11(2)3/h5-11H,4H2,1-3H3,(H,18,20). The average Bonchev–Trinajstić information content (AvgIpc) is 2.80. The van der Waals surface area contributed by atoms with Gasteiger partial charge < -0.3 is 9.88 Å². The largest absolute Gasteiger partial charge is 0.343 e. The van der Waals surface area contributed by atoms with Crippen LogP contribution < -0.4 is 5.32 Å². The van der Waals surface area contributed by atoms with Crippen molar-refractivity contribution >= 4 is 27.5 Å². The van der Waals surface area contributed by atoms with Crippen molar-refractivity contribution in [3.8, 4) is 0 Å². The van der Waals surface area contributed by atoms with Crippen molar-refractivity contribution in [3.05, 3.63) is 52.3 Å². The second-order valence-corrected chi connectivity index (χ2v) is 5.98. The molecule has 2 rings (SSSR count). The van der Waals surface area contributed by atoms with E-state index in [9.17, 15) is 4.79 Å². The third-order valence-electron chi connectivity index (χ3n) is 3.25. The van der Waals surface area contributed by atoms with Gasteiger partial charge in [0.2, 0.25) is 0 Å². The maximum Gasteiger partial charge on any atom is 0.272 e. The molecule has 1 aromatic heterocycles. The van der Waals surface area contributed by atoms with E-state index in [0.717, 1.165) is 16.7 Å². The molecule has 20 heavy (non-hydrogen) atoms. The first-order chi connectivity index (χ1) is 9.51. The molecule has 0 spiro atoms. The van der Waals surface area contributed by atoms with Crippen LogP contribution in [-0.2, 0) is 6.54 Å². The molecule has 4 heteroatoms. The van der Waals surface area contributed by atoms with Gasteiger partial charge in [0.15, 0.2) is 0 Å². The van der Waals surface area contributed by atoms with E-state index >= 15 is 0 Å². The van der Waals surface area contributed by atoms with E-state index in [2.05, 4.69) is 41.2 Å². The molecule has 1 amide bonds. The van der Waals surface area contributed by atoms with E-state index in [-0.39, 0.29) is 5.91 Å². The second-order valence-electron chi connectivity index (χ2n) is 5.06. The Kier molecular flexibility index (Phi) is 4.65. The maximum absolute atomic E-state index is 12.3. The SMILES string of the molecule is CCn1cc(Br)cc1C(=O)Nc1cccc(C(C)C)c1. The quantitative estimate of drug-likeness (QED) is 0.867. The Bertz CT molecular complexity index is 617. The number of benzene rings is 1. The van der Waals surface area contributed by atoms with Crippen LogP contribution in [0.1, 0.15) is 42.7 Å². The van der Waals surface area contributed by atoms with Gasteiger partial charge in [0, 0.05) is 22.9 Å². The Morgan fingerprint density at radius 1 is 1.35 bits per heavy atom. The number of amides is 1. The fourth-order valence-corrected chi connectivity index (χ4v) is 2.56. The number of nitrogens with one attached hydrogen (secondary N) is 1. The fourth-order valence-electron chi connectivity index (χ4n) is 2.10. The summed E-state index contributed by atoms with van der Waals surface area (Å²) in [5.41, 5.74) is 2.71. The van der Waals surface area contributed by atoms with E-state index in [1.807, 2.05) is 42.0 Å². The summed E-state index contributed by atoms with van der Waals surface area (Å²) in [6.07, 6.45) is 1.92. The van der Waals surface area contributed by atoms with Crippen LogP contribution in [-0.4, -0.2) is 10.5 Å². The van der Waals surface area contributed by atoms with Crippen LogP contribution in [0.15, 0.2) is 41.0 Å². The van der Waals surface area contributed by atoms with Crippen molar-refractivity contribution in [1.82, 2.24) is 4.57 Å². The molecule has 0 unspecified atom stereocenters. The predicted molar refractivity (Wildman–Crippen MR) is 86.3 cm³/mol. The lowest BCUT2D eigenvalue weighted by molar-refractivity contribution is 0.101. The van der Waals surface area contributed by atoms with E-state index < -0.39 is 0 Å². The van der Waals surface area contributed by atoms with E-state index in [1.54, 1.807) is 0 Å². The van der Waals surface area contributed by atoms with Crippen molar-refractivity contribution in [1.29, 1.82) is 0 Å². The van der Waals surface area contributed by atoms with Crippen molar-refractivity contribution in [3.63, 3.8) is 0 Å². The highest BCUT2D eigenvalue weighted by atomic mass is 79.9. The van der Waals surface area contributed by atoms with Crippen LogP contribution >= 0.6 is 15.9 Å². The van der Waals surface area contributed by atoms with Gasteiger partial charge in [0.1, 0.15) is 5.69 Å². The number of rotatable bonds is 4. The molecule has 0 aliphatic carbocycles. The number of hydrogen-bond donors (Lipinski definition) is 1. The predicted octanol–water partition coefficient (Wildman–Crippen LogP) is 4.65. The van der Waals surface area contributed by atoms with Crippen molar-refractivity contribution in [2.45, 2.75) is 33.2 Å². The smallest absolute Gasteiger partial charge is 0.272 e. The number of aryl methyl sites for hydroxylation is 1. The first-order valence-corrected chi connectivity index (χ1v) is 7.57. The minimum atomic E-state index is -0.0848. The number of nitrogens with zero attached hydrogens (tertiary/aromatic N) is 1. The lowest BCUT2D eigenvalue weighted by Gasteiger charge is -2.10. The molecule has 0 aliphatic rings. The number of carbonyl (C=O) groups is 1. The third kappa shape index (κ3) is 3.31. The van der Waals surface area contributed by atoms with Gasteiger partial charge >= 0.3 is 0 Å². The van der Waals surface area contributed by atoms with Crippen molar-refractivity contribution in [2.75, 3.05) is 5.32 Å². The highest BCUT2D eigenvalue weighted by Crippen LogP contribution is 2.20. The summed E-state index contributed by atoms with van der Waals surface area (Å²) in [6.45, 7) is 7.06. The fraction of sp³-hybridized carbons (Fsp3) is 0.312. The molecule has 0 bridgehead atoms. The molecule has 0 atom stereocenters. The van der Waals surface area contributed by atoms with Gasteiger partial charge in [-0.3, -0.25) is 4.79 Å². The first-order valence-electron chi connectivity index (χ1n) is 6.78. The number of aromatic nitrogens is 1. The molecular weight excluding hydrogens is 316 g/mol. The molecular formula is C16H19BrN2O. The summed E-state index contributed by atoms with van der Waals surface area (Å²) in [7, 11) is 0. The zero-order valence-electron chi connectivity index (χ0n) is 12.0. The van der Waals surface area contributed by atoms with Gasteiger partial charge in [-0.1, -0.05) is 26.0 Å². The van der Waals surface area contributed by atoms with E-state index in [0.29, 0.717) is 11.6 Å². The normalized spacial score (nSPS) is 10.8. The number of anilines is 1. The first kappa shape index (κ1) is 14.9. The van der Waals surface area contributed by atoms with Crippen LogP contribution in [0, 0.1) is 0 Å². The Balaban J connectivity index is 2.21. The lowest BCUT2D eigenvalue weighted by atomic mass is 10.0. The van der Waals surface area contributed by atoms with Gasteiger partial charge in [-0.2, -0.15) is 0 Å². The third-order valence-corrected chi connectivity index (χ3v) is 3.68. The Morgan fingerprint density at radius 3 is 2.75 bits per heavy atom. The van der Waals surface area contributed by atoms with Crippen LogP contribution in [0.25, 0.3) is 0 Å². The molecule has 0 aliphatic heterocycles. The van der Waals surface area contributed by atoms with Crippen molar-refractivity contribution in [2.24, 2.45) is 0 Å². The summed E-state index contributed by atoms with van der Waals surface area (Å²) in [4.78, 5) is 12.3. The Hall–Kier alpha value is -1.55. The van der Waals surface area contributed by atoms with Gasteiger partial charge in [-0.05, 0) is 52.5 Å². The van der Waals surface area contributed by atoms with Crippen LogP contribution in [0.3, 0.4) is 0 Å². The molecule has 0 saturated carbocycles. The number of hydrogen-bond acceptors (Lipinski definition) is 1. The summed E-state index contributed by atoms with van der Waals surface area (Å²) in [6, 6.07) is 9.82.